The van der Waals surface area contributed by atoms with Crippen molar-refractivity contribution >= 4 is 28.7 Å². The molecule has 1 aromatic heterocycles. The molecule has 2 aromatic rings. The monoisotopic (exact) mass is 333 g/mol. The van der Waals surface area contributed by atoms with Crippen LogP contribution in [0.15, 0.2) is 18.2 Å². The van der Waals surface area contributed by atoms with Gasteiger partial charge in [-0.15, -0.1) is 0 Å². The number of thioether (sulfide) groups is 1. The third kappa shape index (κ3) is 4.06. The molecule has 0 radical (unpaired) electrons. The van der Waals surface area contributed by atoms with E-state index in [0.717, 1.165) is 46.8 Å². The van der Waals surface area contributed by atoms with Crippen molar-refractivity contribution < 1.29 is 9.90 Å². The molecule has 0 bridgehead atoms. The number of rotatable bonds is 5. The van der Waals surface area contributed by atoms with E-state index in [9.17, 15) is 9.90 Å². The Morgan fingerprint density at radius 3 is 2.96 bits per heavy atom. The summed E-state index contributed by atoms with van der Waals surface area (Å²) in [7, 11) is 0. The van der Waals surface area contributed by atoms with Gasteiger partial charge in [0.2, 0.25) is 5.91 Å². The minimum atomic E-state index is -0.725. The third-order valence-electron chi connectivity index (χ3n) is 4.39. The summed E-state index contributed by atoms with van der Waals surface area (Å²) in [6.07, 6.45) is 2.46. The van der Waals surface area contributed by atoms with Crippen molar-refractivity contribution in [3.63, 3.8) is 0 Å². The van der Waals surface area contributed by atoms with Crippen molar-refractivity contribution in [1.29, 1.82) is 0 Å². The Bertz CT molecular complexity index is 692. The summed E-state index contributed by atoms with van der Waals surface area (Å²) in [6.45, 7) is 2.38. The van der Waals surface area contributed by atoms with Crippen molar-refractivity contribution in [3.05, 3.63) is 29.6 Å². The van der Waals surface area contributed by atoms with Crippen LogP contribution >= 0.6 is 11.8 Å². The van der Waals surface area contributed by atoms with Crippen LogP contribution in [0.4, 0.5) is 0 Å². The Hall–Kier alpha value is -1.53. The molecule has 0 spiro atoms. The Morgan fingerprint density at radius 1 is 1.43 bits per heavy atom. The molecule has 1 aromatic carbocycles. The summed E-state index contributed by atoms with van der Waals surface area (Å²) in [4.78, 5) is 19.8. The van der Waals surface area contributed by atoms with Crippen LogP contribution in [0.5, 0.6) is 0 Å². The van der Waals surface area contributed by atoms with Gasteiger partial charge in [0.15, 0.2) is 0 Å². The number of carbonyl (C=O) groups is 1. The molecule has 0 unspecified atom stereocenters. The zero-order chi connectivity index (χ0) is 16.3. The molecule has 124 valence electrons. The van der Waals surface area contributed by atoms with Crippen LogP contribution in [-0.4, -0.2) is 44.6 Å². The van der Waals surface area contributed by atoms with Gasteiger partial charge in [0.25, 0.3) is 0 Å². The fourth-order valence-electron chi connectivity index (χ4n) is 2.86. The van der Waals surface area contributed by atoms with Crippen LogP contribution in [0.2, 0.25) is 0 Å². The molecule has 0 saturated carbocycles. The van der Waals surface area contributed by atoms with Crippen LogP contribution in [-0.2, 0) is 11.2 Å². The first kappa shape index (κ1) is 16.3. The second kappa shape index (κ2) is 6.93. The number of amides is 1. The number of hydrogen-bond donors (Lipinski definition) is 3. The van der Waals surface area contributed by atoms with Crippen LogP contribution in [0.3, 0.4) is 0 Å². The number of H-pyrrole nitrogens is 1. The number of aromatic nitrogens is 2. The van der Waals surface area contributed by atoms with Gasteiger partial charge in [-0.3, -0.25) is 4.79 Å². The average Bonchev–Trinajstić information content (AvgIpc) is 2.96. The predicted molar refractivity (Wildman–Crippen MR) is 93.7 cm³/mol. The van der Waals surface area contributed by atoms with Gasteiger partial charge >= 0.3 is 0 Å². The number of carbonyl (C=O) groups excluding carboxylic acids is 1. The maximum Gasteiger partial charge on any atom is 0.220 e. The van der Waals surface area contributed by atoms with Crippen molar-refractivity contribution in [3.8, 4) is 0 Å². The Morgan fingerprint density at radius 2 is 2.22 bits per heavy atom. The standard InChI is InChI=1S/C17H23N3O2S/c1-12-3-2-4-13-16(12)20-14(19-13)5-6-15(21)18-11-17(22)7-9-23-10-8-17/h2-4,22H,5-11H2,1H3,(H,18,21)(H,19,20). The van der Waals surface area contributed by atoms with E-state index in [2.05, 4.69) is 15.3 Å². The molecule has 0 aliphatic carbocycles. The highest BCUT2D eigenvalue weighted by atomic mass is 32.2. The lowest BCUT2D eigenvalue weighted by atomic mass is 9.97. The topological polar surface area (TPSA) is 78.0 Å². The summed E-state index contributed by atoms with van der Waals surface area (Å²) in [5.74, 6) is 2.72. The van der Waals surface area contributed by atoms with Crippen LogP contribution < -0.4 is 5.32 Å². The molecular weight excluding hydrogens is 310 g/mol. The molecule has 1 aliphatic heterocycles. The fourth-order valence-corrected chi connectivity index (χ4v) is 4.11. The second-order valence-electron chi connectivity index (χ2n) is 6.27. The van der Waals surface area contributed by atoms with Gasteiger partial charge in [0, 0.05) is 19.4 Å². The summed E-state index contributed by atoms with van der Waals surface area (Å²) < 4.78 is 0. The van der Waals surface area contributed by atoms with Crippen LogP contribution in [0.1, 0.15) is 30.7 Å². The first-order valence-electron chi connectivity index (χ1n) is 8.07. The summed E-state index contributed by atoms with van der Waals surface area (Å²) in [5, 5.41) is 13.3. The van der Waals surface area contributed by atoms with Gasteiger partial charge in [-0.2, -0.15) is 11.8 Å². The number of para-hydroxylation sites is 1. The summed E-state index contributed by atoms with van der Waals surface area (Å²) >= 11 is 1.86. The normalized spacial score (nSPS) is 17.3. The number of nitrogens with one attached hydrogen (secondary N) is 2. The highest BCUT2D eigenvalue weighted by molar-refractivity contribution is 7.99. The fraction of sp³-hybridized carbons (Fsp3) is 0.529. The molecule has 2 heterocycles. The van der Waals surface area contributed by atoms with Gasteiger partial charge in [-0.25, -0.2) is 4.98 Å². The first-order chi connectivity index (χ1) is 11.1. The van der Waals surface area contributed by atoms with E-state index >= 15 is 0 Å². The molecule has 1 fully saturated rings. The van der Waals surface area contributed by atoms with E-state index in [1.165, 1.54) is 0 Å². The van der Waals surface area contributed by atoms with E-state index in [-0.39, 0.29) is 5.91 Å². The number of nitrogens with zero attached hydrogens (tertiary/aromatic N) is 1. The summed E-state index contributed by atoms with van der Waals surface area (Å²) in [5.41, 5.74) is 2.38. The SMILES string of the molecule is Cc1cccc2[nH]c(CCC(=O)NCC3(O)CCSCC3)nc12. The molecule has 5 nitrogen and oxygen atoms in total. The quantitative estimate of drug-likeness (QED) is 0.784. The first-order valence-corrected chi connectivity index (χ1v) is 9.22. The maximum atomic E-state index is 12.0. The summed E-state index contributed by atoms with van der Waals surface area (Å²) in [6, 6.07) is 6.02. The molecule has 6 heteroatoms. The zero-order valence-corrected chi connectivity index (χ0v) is 14.2. The van der Waals surface area contributed by atoms with Crippen molar-refractivity contribution in [2.75, 3.05) is 18.1 Å². The highest BCUT2D eigenvalue weighted by Crippen LogP contribution is 2.26. The predicted octanol–water partition coefficient (Wildman–Crippen LogP) is 2.18. The van der Waals surface area contributed by atoms with Crippen molar-refractivity contribution in [1.82, 2.24) is 15.3 Å². The lowest BCUT2D eigenvalue weighted by Gasteiger charge is -2.31. The molecule has 3 N–H and O–H groups in total. The molecule has 1 aliphatic rings. The molecule has 1 saturated heterocycles. The third-order valence-corrected chi connectivity index (χ3v) is 5.38. The van der Waals surface area contributed by atoms with Crippen molar-refractivity contribution in [2.24, 2.45) is 0 Å². The molecule has 0 atom stereocenters. The minimum absolute atomic E-state index is 0.0335. The number of aryl methyl sites for hydroxylation is 2. The lowest BCUT2D eigenvalue weighted by molar-refractivity contribution is -0.122. The van der Waals surface area contributed by atoms with E-state index in [1.54, 1.807) is 0 Å². The maximum absolute atomic E-state index is 12.0. The Labute approximate surface area is 140 Å². The van der Waals surface area contributed by atoms with Gasteiger partial charge in [-0.05, 0) is 42.9 Å². The molecule has 3 rings (SSSR count). The zero-order valence-electron chi connectivity index (χ0n) is 13.4. The Kier molecular flexibility index (Phi) is 4.92. The van der Waals surface area contributed by atoms with Gasteiger partial charge in [0.05, 0.1) is 16.6 Å². The van der Waals surface area contributed by atoms with E-state index in [4.69, 9.17) is 0 Å². The molecule has 23 heavy (non-hydrogen) atoms. The van der Waals surface area contributed by atoms with Crippen molar-refractivity contribution in [2.45, 2.75) is 38.2 Å². The van der Waals surface area contributed by atoms with Crippen LogP contribution in [0, 0.1) is 6.92 Å². The number of imidazole rings is 1. The van der Waals surface area contributed by atoms with E-state index < -0.39 is 5.60 Å². The lowest BCUT2D eigenvalue weighted by Crippen LogP contribution is -2.45. The minimum Gasteiger partial charge on any atom is -0.388 e. The van der Waals surface area contributed by atoms with Gasteiger partial charge < -0.3 is 15.4 Å². The molecule has 1 amide bonds. The highest BCUT2D eigenvalue weighted by Gasteiger charge is 2.29. The van der Waals surface area contributed by atoms with Crippen LogP contribution in [0.25, 0.3) is 11.0 Å². The van der Waals surface area contributed by atoms with Gasteiger partial charge in [0.1, 0.15) is 5.82 Å². The largest absolute Gasteiger partial charge is 0.388 e. The number of hydrogen-bond acceptors (Lipinski definition) is 4. The van der Waals surface area contributed by atoms with Gasteiger partial charge in [-0.1, -0.05) is 12.1 Å². The second-order valence-corrected chi connectivity index (χ2v) is 7.49. The smallest absolute Gasteiger partial charge is 0.220 e. The number of fused-ring (bicyclic) bond motifs is 1. The van der Waals surface area contributed by atoms with E-state index in [0.29, 0.717) is 19.4 Å². The number of aliphatic hydroxyl groups is 1. The van der Waals surface area contributed by atoms with E-state index in [1.807, 2.05) is 36.9 Å². The number of aromatic amines is 1. The number of benzene rings is 1. The molecular formula is C17H23N3O2S. The average molecular weight is 333 g/mol. The Balaban J connectivity index is 1.51.